The Morgan fingerprint density at radius 3 is 2.14 bits per heavy atom. The molecule has 8 heteroatoms. The number of nitrogens with one attached hydrogen (secondary N) is 1. The molecule has 0 spiro atoms. The summed E-state index contributed by atoms with van der Waals surface area (Å²) in [6, 6.07) is 7.76. The minimum atomic E-state index is -3.24. The van der Waals surface area contributed by atoms with Gasteiger partial charge in [-0.25, -0.2) is 13.1 Å². The summed E-state index contributed by atoms with van der Waals surface area (Å²) in [7, 11) is -3.24. The largest absolute Gasteiger partial charge is 0.217 e. The fourth-order valence-electron chi connectivity index (χ4n) is 2.00. The van der Waals surface area contributed by atoms with Crippen LogP contribution in [-0.4, -0.2) is 20.2 Å². The Hall–Kier alpha value is -1.67. The molecule has 0 aliphatic carbocycles. The van der Waals surface area contributed by atoms with Crippen LogP contribution in [0.4, 0.5) is 0 Å². The summed E-state index contributed by atoms with van der Waals surface area (Å²) >= 11 is 0. The predicted octanol–water partition coefficient (Wildman–Crippen LogP) is 3.12. The van der Waals surface area contributed by atoms with Gasteiger partial charge in [0.1, 0.15) is 0 Å². The summed E-state index contributed by atoms with van der Waals surface area (Å²) in [4.78, 5) is 0. The Morgan fingerprint density at radius 1 is 1.09 bits per heavy atom. The highest BCUT2D eigenvalue weighted by Crippen LogP contribution is 2.32. The van der Waals surface area contributed by atoms with Crippen molar-refractivity contribution in [1.82, 2.24) is 4.72 Å². The van der Waals surface area contributed by atoms with Crippen LogP contribution in [0, 0.1) is 0 Å². The van der Waals surface area contributed by atoms with Crippen LogP contribution < -0.4 is 4.72 Å². The molecule has 0 radical (unpaired) electrons. The second kappa shape index (κ2) is 6.21. The average molecular weight is 323 g/mol. The zero-order valence-corrected chi connectivity index (χ0v) is 14.0. The maximum Gasteiger partial charge on any atom is 0.217 e. The van der Waals surface area contributed by atoms with E-state index in [9.17, 15) is 8.42 Å². The van der Waals surface area contributed by atoms with Crippen LogP contribution in [0.15, 0.2) is 44.9 Å². The van der Waals surface area contributed by atoms with E-state index in [-0.39, 0.29) is 5.92 Å². The van der Waals surface area contributed by atoms with Crippen molar-refractivity contribution in [2.45, 2.75) is 44.5 Å². The van der Waals surface area contributed by atoms with Crippen molar-refractivity contribution in [1.29, 1.82) is 0 Å². The van der Waals surface area contributed by atoms with Gasteiger partial charge >= 0.3 is 0 Å². The van der Waals surface area contributed by atoms with Gasteiger partial charge in [0.15, 0.2) is 0 Å². The zero-order valence-electron chi connectivity index (χ0n) is 13.2. The lowest BCUT2D eigenvalue weighted by atomic mass is 9.96. The lowest BCUT2D eigenvalue weighted by Gasteiger charge is -2.17. The molecule has 1 aliphatic heterocycles. The van der Waals surface area contributed by atoms with Crippen molar-refractivity contribution in [3.05, 3.63) is 35.4 Å². The Bertz CT molecular complexity index is 668. The van der Waals surface area contributed by atoms with Crippen LogP contribution in [0.3, 0.4) is 0 Å². The van der Waals surface area contributed by atoms with E-state index in [0.717, 1.165) is 11.1 Å². The molecule has 1 N–H and O–H groups in total. The second-order valence-corrected chi connectivity index (χ2v) is 8.19. The van der Waals surface area contributed by atoms with Gasteiger partial charge in [0.25, 0.3) is 0 Å². The third-order valence-electron chi connectivity index (χ3n) is 3.76. The van der Waals surface area contributed by atoms with Crippen molar-refractivity contribution in [2.24, 2.45) is 20.7 Å². The van der Waals surface area contributed by atoms with Crippen LogP contribution >= 0.6 is 0 Å². The Balaban J connectivity index is 2.04. The normalized spacial score (nSPS) is 18.0. The summed E-state index contributed by atoms with van der Waals surface area (Å²) in [5.74, 6) is 0.0715. The molecule has 0 amide bonds. The zero-order chi connectivity index (χ0) is 16.4. The highest BCUT2D eigenvalue weighted by atomic mass is 32.2. The quantitative estimate of drug-likeness (QED) is 0.870. The minimum absolute atomic E-state index is 0.0715. The van der Waals surface area contributed by atoms with Gasteiger partial charge in [0.2, 0.25) is 15.7 Å². The average Bonchev–Trinajstić information content (AvgIpc) is 2.93. The van der Waals surface area contributed by atoms with E-state index < -0.39 is 20.9 Å². The Labute approximate surface area is 131 Å². The molecule has 1 heterocycles. The van der Waals surface area contributed by atoms with Crippen molar-refractivity contribution in [3.63, 3.8) is 0 Å². The lowest BCUT2D eigenvalue weighted by molar-refractivity contribution is 0.518. The first-order valence-corrected chi connectivity index (χ1v) is 8.72. The molecular formula is C14H21N5O2S. The summed E-state index contributed by atoms with van der Waals surface area (Å²) in [6.07, 6.45) is 0. The van der Waals surface area contributed by atoms with Gasteiger partial charge in [-0.1, -0.05) is 31.2 Å². The van der Waals surface area contributed by atoms with Crippen molar-refractivity contribution < 1.29 is 8.42 Å². The van der Waals surface area contributed by atoms with Gasteiger partial charge in [-0.3, -0.25) is 0 Å². The van der Waals surface area contributed by atoms with Crippen LogP contribution in [-0.2, 0) is 15.7 Å². The summed E-state index contributed by atoms with van der Waals surface area (Å²) in [6.45, 7) is 7.51. The molecule has 2 rings (SSSR count). The fourth-order valence-corrected chi connectivity index (χ4v) is 2.82. The van der Waals surface area contributed by atoms with Gasteiger partial charge in [0, 0.05) is 12.1 Å². The molecular weight excluding hydrogens is 302 g/mol. The molecule has 0 bridgehead atoms. The number of hydrogen-bond donors (Lipinski definition) is 1. The Morgan fingerprint density at radius 2 is 1.64 bits per heavy atom. The first-order chi connectivity index (χ1) is 10.2. The van der Waals surface area contributed by atoms with E-state index in [1.54, 1.807) is 13.8 Å². The van der Waals surface area contributed by atoms with Gasteiger partial charge < -0.3 is 0 Å². The summed E-state index contributed by atoms with van der Waals surface area (Å²) < 4.78 is 26.2. The number of hydrogen-bond acceptors (Lipinski definition) is 6. The molecule has 1 aliphatic rings. The number of nitrogens with zero attached hydrogens (tertiary/aromatic N) is 4. The highest BCUT2D eigenvalue weighted by Gasteiger charge is 2.29. The van der Waals surface area contributed by atoms with E-state index in [0.29, 0.717) is 6.54 Å². The SMILES string of the molecule is CC(CNS(=O)(=O)C(C)C)c1ccc(C2(C)N=NN=N2)cc1. The van der Waals surface area contributed by atoms with Crippen LogP contribution in [0.5, 0.6) is 0 Å². The lowest BCUT2D eigenvalue weighted by Crippen LogP contribution is -2.33. The molecule has 1 unspecified atom stereocenters. The van der Waals surface area contributed by atoms with Crippen LogP contribution in [0.1, 0.15) is 44.7 Å². The molecule has 1 atom stereocenters. The van der Waals surface area contributed by atoms with Crippen LogP contribution in [0.25, 0.3) is 0 Å². The predicted molar refractivity (Wildman–Crippen MR) is 84.0 cm³/mol. The smallest absolute Gasteiger partial charge is 0.214 e. The monoisotopic (exact) mass is 323 g/mol. The third-order valence-corrected chi connectivity index (χ3v) is 5.57. The Kier molecular flexibility index (Phi) is 4.72. The summed E-state index contributed by atoms with van der Waals surface area (Å²) in [5, 5.41) is 14.7. The van der Waals surface area contributed by atoms with Gasteiger partial charge in [-0.05, 0) is 42.7 Å². The standard InChI is InChI=1S/C14H21N5O2S/c1-10(2)22(20,21)15-9-11(3)12-5-7-13(8-6-12)14(4)16-18-19-17-14/h5-8,10-11,15H,9H2,1-4H3. The van der Waals surface area contributed by atoms with E-state index in [1.165, 1.54) is 0 Å². The maximum atomic E-state index is 11.8. The molecule has 22 heavy (non-hydrogen) atoms. The van der Waals surface area contributed by atoms with Crippen molar-refractivity contribution in [3.8, 4) is 0 Å². The summed E-state index contributed by atoms with van der Waals surface area (Å²) in [5.41, 5.74) is 1.20. The van der Waals surface area contributed by atoms with Gasteiger partial charge in [0.05, 0.1) is 5.25 Å². The van der Waals surface area contributed by atoms with E-state index >= 15 is 0 Å². The highest BCUT2D eigenvalue weighted by molar-refractivity contribution is 7.90. The second-order valence-electron chi connectivity index (χ2n) is 5.86. The fraction of sp³-hybridized carbons (Fsp3) is 0.571. The van der Waals surface area contributed by atoms with E-state index in [1.807, 2.05) is 38.1 Å². The first-order valence-electron chi connectivity index (χ1n) is 7.17. The topological polar surface area (TPSA) is 95.6 Å². The molecule has 1 aromatic carbocycles. The van der Waals surface area contributed by atoms with E-state index in [4.69, 9.17) is 0 Å². The van der Waals surface area contributed by atoms with E-state index in [2.05, 4.69) is 25.4 Å². The molecule has 0 fully saturated rings. The molecule has 120 valence electrons. The molecule has 1 aromatic rings. The van der Waals surface area contributed by atoms with Gasteiger partial charge in [-0.15, -0.1) is 10.2 Å². The number of sulfonamides is 1. The number of rotatable bonds is 6. The molecule has 0 aromatic heterocycles. The third kappa shape index (κ3) is 3.56. The van der Waals surface area contributed by atoms with Crippen molar-refractivity contribution >= 4 is 10.0 Å². The molecule has 7 nitrogen and oxygen atoms in total. The van der Waals surface area contributed by atoms with Crippen LogP contribution in [0.2, 0.25) is 0 Å². The molecule has 0 saturated heterocycles. The molecule has 0 saturated carbocycles. The minimum Gasteiger partial charge on any atom is -0.214 e. The van der Waals surface area contributed by atoms with Gasteiger partial charge in [-0.2, -0.15) is 0 Å². The number of benzene rings is 1. The van der Waals surface area contributed by atoms with Crippen molar-refractivity contribution in [2.75, 3.05) is 6.54 Å². The first kappa shape index (κ1) is 16.7. The maximum absolute atomic E-state index is 11.8.